The number of nitrogens with one attached hydrogen (secondary N) is 1. The van der Waals surface area contributed by atoms with Crippen LogP contribution in [-0.2, 0) is 14.8 Å². The number of sulfonamides is 1. The number of benzene rings is 2. The number of carbonyl (C=O) groups is 1. The van der Waals surface area contributed by atoms with Crippen LogP contribution in [0, 0.1) is 10.1 Å². The van der Waals surface area contributed by atoms with E-state index in [9.17, 15) is 23.3 Å². The molecule has 0 amide bonds. The molecule has 132 valence electrons. The molecule has 8 nitrogen and oxygen atoms in total. The van der Waals surface area contributed by atoms with E-state index < -0.39 is 26.6 Å². The number of ether oxygens (including phenoxy) is 1. The Labute approximate surface area is 148 Å². The first-order valence-electron chi connectivity index (χ1n) is 6.98. The van der Waals surface area contributed by atoms with Crippen molar-refractivity contribution in [2.24, 2.45) is 0 Å². The van der Waals surface area contributed by atoms with E-state index in [2.05, 4.69) is 4.72 Å². The highest BCUT2D eigenvalue weighted by atomic mass is 35.5. The smallest absolute Gasteiger partial charge is 0.338 e. The van der Waals surface area contributed by atoms with E-state index in [0.717, 1.165) is 18.2 Å². The molecule has 10 heteroatoms. The van der Waals surface area contributed by atoms with Gasteiger partial charge in [0.15, 0.2) is 0 Å². The maximum atomic E-state index is 12.4. The summed E-state index contributed by atoms with van der Waals surface area (Å²) in [7, 11) is -4.11. The molecule has 0 heterocycles. The van der Waals surface area contributed by atoms with Crippen LogP contribution in [0.1, 0.15) is 17.3 Å². The second-order valence-electron chi connectivity index (χ2n) is 4.78. The van der Waals surface area contributed by atoms with Gasteiger partial charge in [0, 0.05) is 11.8 Å². The summed E-state index contributed by atoms with van der Waals surface area (Å²) < 4.78 is 31.9. The molecule has 0 radical (unpaired) electrons. The minimum atomic E-state index is -4.11. The van der Waals surface area contributed by atoms with E-state index in [-0.39, 0.29) is 27.8 Å². The Morgan fingerprint density at radius 2 is 2.00 bits per heavy atom. The second kappa shape index (κ2) is 7.49. The molecule has 0 aromatic heterocycles. The van der Waals surface area contributed by atoms with E-state index in [4.69, 9.17) is 16.3 Å². The van der Waals surface area contributed by atoms with Crippen molar-refractivity contribution in [3.8, 4) is 0 Å². The summed E-state index contributed by atoms with van der Waals surface area (Å²) in [5.74, 6) is -0.592. The third-order valence-electron chi connectivity index (χ3n) is 3.05. The van der Waals surface area contributed by atoms with Gasteiger partial charge in [-0.05, 0) is 37.3 Å². The molecule has 0 saturated heterocycles. The average molecular weight is 385 g/mol. The van der Waals surface area contributed by atoms with Gasteiger partial charge >= 0.3 is 5.97 Å². The number of hydrogen-bond acceptors (Lipinski definition) is 6. The molecule has 0 spiro atoms. The summed E-state index contributed by atoms with van der Waals surface area (Å²) in [6, 6.07) is 8.83. The lowest BCUT2D eigenvalue weighted by molar-refractivity contribution is -0.384. The van der Waals surface area contributed by atoms with Crippen LogP contribution >= 0.6 is 11.6 Å². The fourth-order valence-corrected chi connectivity index (χ4v) is 3.19. The first kappa shape index (κ1) is 18.7. The molecule has 2 rings (SSSR count). The van der Waals surface area contributed by atoms with E-state index in [0.29, 0.717) is 0 Å². The zero-order valence-corrected chi connectivity index (χ0v) is 14.5. The summed E-state index contributed by atoms with van der Waals surface area (Å²) in [6.45, 7) is 1.83. The van der Waals surface area contributed by atoms with Gasteiger partial charge in [0.25, 0.3) is 15.7 Å². The molecule has 0 bridgehead atoms. The molecule has 0 aliphatic rings. The van der Waals surface area contributed by atoms with Gasteiger partial charge in [-0.3, -0.25) is 14.8 Å². The molecule has 0 fully saturated rings. The predicted molar refractivity (Wildman–Crippen MR) is 91.3 cm³/mol. The van der Waals surface area contributed by atoms with E-state index in [1.54, 1.807) is 6.92 Å². The van der Waals surface area contributed by atoms with Crippen molar-refractivity contribution in [1.29, 1.82) is 0 Å². The Morgan fingerprint density at radius 1 is 1.28 bits per heavy atom. The van der Waals surface area contributed by atoms with Crippen molar-refractivity contribution >= 4 is 39.0 Å². The summed E-state index contributed by atoms with van der Waals surface area (Å²) in [4.78, 5) is 21.5. The second-order valence-corrected chi connectivity index (χ2v) is 6.87. The van der Waals surface area contributed by atoms with Crippen molar-refractivity contribution in [3.63, 3.8) is 0 Å². The van der Waals surface area contributed by atoms with Gasteiger partial charge in [-0.1, -0.05) is 17.7 Å². The minimum Gasteiger partial charge on any atom is -0.462 e. The molecular formula is C15H13ClN2O6S. The van der Waals surface area contributed by atoms with Gasteiger partial charge in [0.05, 0.1) is 22.0 Å². The van der Waals surface area contributed by atoms with Crippen LogP contribution in [0.2, 0.25) is 5.02 Å². The Hall–Kier alpha value is -2.65. The van der Waals surface area contributed by atoms with Gasteiger partial charge in [-0.15, -0.1) is 0 Å². The SMILES string of the molecule is CCOC(=O)c1cccc(NS(=O)(=O)c2ccc(Cl)c([N+](=O)[O-])c2)c1. The maximum absolute atomic E-state index is 12.4. The number of esters is 1. The summed E-state index contributed by atoms with van der Waals surface area (Å²) in [5.41, 5.74) is -0.239. The van der Waals surface area contributed by atoms with Crippen molar-refractivity contribution in [2.75, 3.05) is 11.3 Å². The number of hydrogen-bond donors (Lipinski definition) is 1. The molecule has 1 N–H and O–H groups in total. The summed E-state index contributed by atoms with van der Waals surface area (Å²) in [6.07, 6.45) is 0. The minimum absolute atomic E-state index is 0.114. The largest absolute Gasteiger partial charge is 0.462 e. The maximum Gasteiger partial charge on any atom is 0.338 e. The Morgan fingerprint density at radius 3 is 2.64 bits per heavy atom. The van der Waals surface area contributed by atoms with Gasteiger partial charge < -0.3 is 4.74 Å². The molecule has 2 aromatic rings. The lowest BCUT2D eigenvalue weighted by Crippen LogP contribution is -2.14. The molecule has 0 saturated carbocycles. The highest BCUT2D eigenvalue weighted by Crippen LogP contribution is 2.28. The first-order valence-corrected chi connectivity index (χ1v) is 8.84. The molecule has 0 aliphatic carbocycles. The van der Waals surface area contributed by atoms with Crippen LogP contribution in [0.15, 0.2) is 47.4 Å². The van der Waals surface area contributed by atoms with Crippen LogP contribution in [0.25, 0.3) is 0 Å². The Bertz CT molecular complexity index is 929. The van der Waals surface area contributed by atoms with Crippen LogP contribution < -0.4 is 4.72 Å². The van der Waals surface area contributed by atoms with Gasteiger partial charge in [-0.2, -0.15) is 0 Å². The van der Waals surface area contributed by atoms with E-state index in [1.807, 2.05) is 0 Å². The van der Waals surface area contributed by atoms with E-state index >= 15 is 0 Å². The molecule has 2 aromatic carbocycles. The number of rotatable bonds is 6. The highest BCUT2D eigenvalue weighted by molar-refractivity contribution is 7.92. The van der Waals surface area contributed by atoms with Gasteiger partial charge in [0.2, 0.25) is 0 Å². The standard InChI is InChI=1S/C15H13ClN2O6S/c1-2-24-15(19)10-4-3-5-11(8-10)17-25(22,23)12-6-7-13(16)14(9-12)18(20)21/h3-9,17H,2H2,1H3. The topological polar surface area (TPSA) is 116 Å². The first-order chi connectivity index (χ1) is 11.7. The van der Waals surface area contributed by atoms with E-state index in [1.165, 1.54) is 24.3 Å². The molecule has 0 aliphatic heterocycles. The number of nitrogens with zero attached hydrogens (tertiary/aromatic N) is 1. The number of nitro groups is 1. The molecular weight excluding hydrogens is 372 g/mol. The number of carbonyl (C=O) groups excluding carboxylic acids is 1. The number of nitro benzene ring substituents is 1. The summed E-state index contributed by atoms with van der Waals surface area (Å²) in [5, 5.41) is 10.7. The quantitative estimate of drug-likeness (QED) is 0.464. The fourth-order valence-electron chi connectivity index (χ4n) is 1.94. The lowest BCUT2D eigenvalue weighted by atomic mass is 10.2. The van der Waals surface area contributed by atoms with Crippen LogP contribution in [0.5, 0.6) is 0 Å². The Kier molecular flexibility index (Phi) is 5.60. The van der Waals surface area contributed by atoms with Crippen molar-refractivity contribution in [2.45, 2.75) is 11.8 Å². The normalized spacial score (nSPS) is 11.0. The van der Waals surface area contributed by atoms with Crippen LogP contribution in [0.3, 0.4) is 0 Å². The monoisotopic (exact) mass is 384 g/mol. The Balaban J connectivity index is 2.33. The zero-order chi connectivity index (χ0) is 18.6. The highest BCUT2D eigenvalue weighted by Gasteiger charge is 2.21. The predicted octanol–water partition coefficient (Wildman–Crippen LogP) is 3.23. The third kappa shape index (κ3) is 4.46. The fraction of sp³-hybridized carbons (Fsp3) is 0.133. The van der Waals surface area contributed by atoms with Crippen molar-refractivity contribution in [3.05, 3.63) is 63.2 Å². The van der Waals surface area contributed by atoms with Crippen LogP contribution in [0.4, 0.5) is 11.4 Å². The number of halogens is 1. The third-order valence-corrected chi connectivity index (χ3v) is 4.75. The lowest BCUT2D eigenvalue weighted by Gasteiger charge is -2.09. The van der Waals surface area contributed by atoms with Gasteiger partial charge in [0.1, 0.15) is 5.02 Å². The zero-order valence-electron chi connectivity index (χ0n) is 12.9. The van der Waals surface area contributed by atoms with Gasteiger partial charge in [-0.25, -0.2) is 13.2 Å². The number of anilines is 1. The average Bonchev–Trinajstić information content (AvgIpc) is 2.54. The molecule has 0 unspecified atom stereocenters. The molecule has 25 heavy (non-hydrogen) atoms. The summed E-state index contributed by atoms with van der Waals surface area (Å²) >= 11 is 5.68. The van der Waals surface area contributed by atoms with Crippen molar-refractivity contribution < 1.29 is 22.9 Å². The molecule has 0 atom stereocenters. The van der Waals surface area contributed by atoms with Crippen LogP contribution in [-0.4, -0.2) is 25.9 Å². The van der Waals surface area contributed by atoms with Crippen molar-refractivity contribution in [1.82, 2.24) is 0 Å².